The molecule has 0 aliphatic carbocycles. The van der Waals surface area contributed by atoms with Crippen molar-refractivity contribution in [3.8, 4) is 0 Å². The summed E-state index contributed by atoms with van der Waals surface area (Å²) in [5, 5.41) is 15.3. The van der Waals surface area contributed by atoms with Crippen molar-refractivity contribution in [1.82, 2.24) is 5.32 Å². The summed E-state index contributed by atoms with van der Waals surface area (Å²) in [6.45, 7) is 2.74. The molecule has 0 spiro atoms. The highest BCUT2D eigenvalue weighted by molar-refractivity contribution is 5.98. The smallest absolute Gasteiger partial charge is 0.170 e. The molecule has 1 aromatic carbocycles. The minimum Gasteiger partial charge on any atom is -0.469 e. The molecule has 4 N–H and O–H groups in total. The highest BCUT2D eigenvalue weighted by atomic mass is 16.4. The van der Waals surface area contributed by atoms with Gasteiger partial charge in [-0.05, 0) is 24.6 Å². The largest absolute Gasteiger partial charge is 0.469 e. The fraction of sp³-hybridized carbons (Fsp3) is 0.267. The van der Waals surface area contributed by atoms with Gasteiger partial charge in [-0.15, -0.1) is 0 Å². The molecule has 20 heavy (non-hydrogen) atoms. The number of nitrogens with two attached hydrogens (primary N) is 1. The van der Waals surface area contributed by atoms with Crippen LogP contribution in [0.5, 0.6) is 0 Å². The van der Waals surface area contributed by atoms with E-state index in [2.05, 4.69) is 17.4 Å². The minimum atomic E-state index is 0.126. The molecule has 5 heteroatoms. The van der Waals surface area contributed by atoms with E-state index in [0.717, 1.165) is 23.3 Å². The summed E-state index contributed by atoms with van der Waals surface area (Å²) >= 11 is 0. The van der Waals surface area contributed by atoms with Crippen LogP contribution in [0.15, 0.2) is 52.2 Å². The van der Waals surface area contributed by atoms with Crippen molar-refractivity contribution < 1.29 is 9.62 Å². The maximum Gasteiger partial charge on any atom is 0.170 e. The summed E-state index contributed by atoms with van der Waals surface area (Å²) in [6, 6.07) is 11.7. The third kappa shape index (κ3) is 3.61. The Labute approximate surface area is 118 Å². The Morgan fingerprint density at radius 1 is 1.35 bits per heavy atom. The van der Waals surface area contributed by atoms with Crippen LogP contribution in [-0.4, -0.2) is 17.1 Å². The molecule has 0 radical (unpaired) electrons. The van der Waals surface area contributed by atoms with Crippen LogP contribution >= 0.6 is 0 Å². The maximum atomic E-state index is 8.79. The Morgan fingerprint density at radius 2 is 2.15 bits per heavy atom. The third-order valence-electron chi connectivity index (χ3n) is 3.13. The van der Waals surface area contributed by atoms with Gasteiger partial charge in [0.1, 0.15) is 5.76 Å². The molecule has 1 aromatic heterocycles. The van der Waals surface area contributed by atoms with E-state index in [1.807, 2.05) is 36.4 Å². The van der Waals surface area contributed by atoms with E-state index in [-0.39, 0.29) is 11.9 Å². The summed E-state index contributed by atoms with van der Waals surface area (Å²) in [5.74, 6) is 1.08. The van der Waals surface area contributed by atoms with Crippen molar-refractivity contribution in [2.45, 2.75) is 25.9 Å². The van der Waals surface area contributed by atoms with Gasteiger partial charge in [-0.3, -0.25) is 0 Å². The van der Waals surface area contributed by atoms with E-state index in [1.54, 1.807) is 6.26 Å². The molecular weight excluding hydrogens is 254 g/mol. The van der Waals surface area contributed by atoms with Crippen molar-refractivity contribution in [2.24, 2.45) is 10.9 Å². The van der Waals surface area contributed by atoms with Gasteiger partial charge < -0.3 is 20.7 Å². The minimum absolute atomic E-state index is 0.126. The zero-order valence-electron chi connectivity index (χ0n) is 11.4. The first-order chi connectivity index (χ1) is 9.70. The topological polar surface area (TPSA) is 83.8 Å². The Kier molecular flexibility index (Phi) is 4.79. The first kappa shape index (κ1) is 14.1. The predicted octanol–water partition coefficient (Wildman–Crippen LogP) is 2.09. The Hall–Kier alpha value is -2.27. The van der Waals surface area contributed by atoms with Gasteiger partial charge in [0, 0.05) is 24.6 Å². The second-order valence-electron chi connectivity index (χ2n) is 4.71. The molecule has 0 bridgehead atoms. The lowest BCUT2D eigenvalue weighted by Gasteiger charge is -2.14. The summed E-state index contributed by atoms with van der Waals surface area (Å²) in [6.07, 6.45) is 2.49. The maximum absolute atomic E-state index is 8.79. The van der Waals surface area contributed by atoms with Gasteiger partial charge in [-0.2, -0.15) is 0 Å². The summed E-state index contributed by atoms with van der Waals surface area (Å²) in [4.78, 5) is 0. The number of furan rings is 1. The molecule has 1 atom stereocenters. The molecule has 1 heterocycles. The first-order valence-electron chi connectivity index (χ1n) is 6.52. The number of hydrogen-bond donors (Lipinski definition) is 3. The average molecular weight is 273 g/mol. The van der Waals surface area contributed by atoms with E-state index >= 15 is 0 Å². The van der Waals surface area contributed by atoms with E-state index in [9.17, 15) is 0 Å². The van der Waals surface area contributed by atoms with Crippen LogP contribution in [0.1, 0.15) is 23.8 Å². The quantitative estimate of drug-likeness (QED) is 0.326. The van der Waals surface area contributed by atoms with Gasteiger partial charge in [0.05, 0.1) is 6.26 Å². The zero-order chi connectivity index (χ0) is 14.4. The van der Waals surface area contributed by atoms with Crippen LogP contribution in [0, 0.1) is 0 Å². The normalized spacial score (nSPS) is 13.3. The average Bonchev–Trinajstić information content (AvgIpc) is 2.97. The van der Waals surface area contributed by atoms with Gasteiger partial charge in [0.25, 0.3) is 0 Å². The Balaban J connectivity index is 1.97. The van der Waals surface area contributed by atoms with Gasteiger partial charge >= 0.3 is 0 Å². The first-order valence-corrected chi connectivity index (χ1v) is 6.52. The van der Waals surface area contributed by atoms with Gasteiger partial charge in [-0.1, -0.05) is 29.4 Å². The second-order valence-corrected chi connectivity index (χ2v) is 4.71. The Bertz CT molecular complexity index is 564. The SMILES string of the molecule is CC(Cc1ccco1)NCc1ccccc1C(N)=NO. The molecule has 106 valence electrons. The molecule has 0 saturated heterocycles. The molecule has 1 unspecified atom stereocenters. The van der Waals surface area contributed by atoms with E-state index in [0.29, 0.717) is 6.54 Å². The number of hydrogen-bond acceptors (Lipinski definition) is 4. The monoisotopic (exact) mass is 273 g/mol. The van der Waals surface area contributed by atoms with Crippen molar-refractivity contribution in [2.75, 3.05) is 0 Å². The van der Waals surface area contributed by atoms with E-state index in [1.165, 1.54) is 0 Å². The van der Waals surface area contributed by atoms with Crippen LogP contribution in [-0.2, 0) is 13.0 Å². The van der Waals surface area contributed by atoms with Crippen molar-refractivity contribution >= 4 is 5.84 Å². The third-order valence-corrected chi connectivity index (χ3v) is 3.13. The summed E-state index contributed by atoms with van der Waals surface area (Å²) in [7, 11) is 0. The fourth-order valence-electron chi connectivity index (χ4n) is 2.07. The summed E-state index contributed by atoms with van der Waals surface area (Å²) < 4.78 is 5.32. The van der Waals surface area contributed by atoms with Gasteiger partial charge in [0.15, 0.2) is 5.84 Å². The van der Waals surface area contributed by atoms with Crippen LogP contribution in [0.3, 0.4) is 0 Å². The number of rotatable bonds is 6. The van der Waals surface area contributed by atoms with E-state index < -0.39 is 0 Å². The molecule has 2 rings (SSSR count). The second kappa shape index (κ2) is 6.77. The highest BCUT2D eigenvalue weighted by Crippen LogP contribution is 2.10. The standard InChI is InChI=1S/C15H19N3O2/c1-11(9-13-6-4-8-20-13)17-10-12-5-2-3-7-14(12)15(16)18-19/h2-8,11,17,19H,9-10H2,1H3,(H2,16,18). The highest BCUT2D eigenvalue weighted by Gasteiger charge is 2.09. The molecule has 0 aliphatic heterocycles. The fourth-order valence-corrected chi connectivity index (χ4v) is 2.07. The van der Waals surface area contributed by atoms with Crippen molar-refractivity contribution in [3.05, 3.63) is 59.5 Å². The number of amidine groups is 1. The zero-order valence-corrected chi connectivity index (χ0v) is 11.4. The van der Waals surface area contributed by atoms with Crippen LogP contribution < -0.4 is 11.1 Å². The lowest BCUT2D eigenvalue weighted by molar-refractivity contribution is 0.318. The number of benzene rings is 1. The number of nitrogens with one attached hydrogen (secondary N) is 1. The lowest BCUT2D eigenvalue weighted by atomic mass is 10.1. The molecule has 2 aromatic rings. The van der Waals surface area contributed by atoms with E-state index in [4.69, 9.17) is 15.4 Å². The Morgan fingerprint density at radius 3 is 2.85 bits per heavy atom. The number of nitrogens with zero attached hydrogens (tertiary/aromatic N) is 1. The van der Waals surface area contributed by atoms with Crippen LogP contribution in [0.4, 0.5) is 0 Å². The van der Waals surface area contributed by atoms with Crippen molar-refractivity contribution in [1.29, 1.82) is 0 Å². The van der Waals surface area contributed by atoms with Crippen molar-refractivity contribution in [3.63, 3.8) is 0 Å². The van der Waals surface area contributed by atoms with Crippen LogP contribution in [0.25, 0.3) is 0 Å². The van der Waals surface area contributed by atoms with Gasteiger partial charge in [-0.25, -0.2) is 0 Å². The summed E-state index contributed by atoms with van der Waals surface area (Å²) in [5.41, 5.74) is 7.41. The van der Waals surface area contributed by atoms with Gasteiger partial charge in [0.2, 0.25) is 0 Å². The number of oxime groups is 1. The lowest BCUT2D eigenvalue weighted by Crippen LogP contribution is -2.28. The molecular formula is C15H19N3O2. The molecule has 0 amide bonds. The predicted molar refractivity (Wildman–Crippen MR) is 77.7 cm³/mol. The molecule has 0 fully saturated rings. The molecule has 0 aliphatic rings. The molecule has 0 saturated carbocycles. The molecule has 5 nitrogen and oxygen atoms in total. The van der Waals surface area contributed by atoms with Crippen LogP contribution in [0.2, 0.25) is 0 Å².